The molecular formula is C15H25NO3. The zero-order chi connectivity index (χ0) is 14.5. The molecule has 0 aliphatic carbocycles. The number of nitrogens with one attached hydrogen (secondary N) is 1. The molecule has 0 fully saturated rings. The van der Waals surface area contributed by atoms with Crippen molar-refractivity contribution in [1.29, 1.82) is 0 Å². The molecule has 1 rings (SSSR count). The highest BCUT2D eigenvalue weighted by Crippen LogP contribution is 2.21. The number of aryl methyl sites for hydroxylation is 1. The second-order valence-electron chi connectivity index (χ2n) is 5.86. The van der Waals surface area contributed by atoms with E-state index >= 15 is 0 Å². The maximum absolute atomic E-state index is 9.33. The lowest BCUT2D eigenvalue weighted by Gasteiger charge is -2.22. The first kappa shape index (κ1) is 16.0. The number of ether oxygens (including phenoxy) is 1. The number of aliphatic hydroxyl groups excluding tert-OH is 2. The van der Waals surface area contributed by atoms with Crippen LogP contribution in [0.25, 0.3) is 0 Å². The van der Waals surface area contributed by atoms with Gasteiger partial charge in [-0.3, -0.25) is 0 Å². The SMILES string of the molecule is Cc1ccc(OCC(O)CO)c(CNC(C)(C)C)c1. The number of benzene rings is 1. The summed E-state index contributed by atoms with van der Waals surface area (Å²) in [4.78, 5) is 0. The standard InChI is InChI=1S/C15H25NO3/c1-11-5-6-14(19-10-13(18)9-17)12(7-11)8-16-15(2,3)4/h5-7,13,16-18H,8-10H2,1-4H3. The van der Waals surface area contributed by atoms with Crippen LogP contribution in [0.15, 0.2) is 18.2 Å². The smallest absolute Gasteiger partial charge is 0.123 e. The lowest BCUT2D eigenvalue weighted by atomic mass is 10.1. The van der Waals surface area contributed by atoms with Crippen LogP contribution < -0.4 is 10.1 Å². The molecule has 0 spiro atoms. The monoisotopic (exact) mass is 267 g/mol. The van der Waals surface area contributed by atoms with Crippen LogP contribution in [0, 0.1) is 6.92 Å². The number of rotatable bonds is 6. The Kier molecular flexibility index (Phi) is 5.79. The highest BCUT2D eigenvalue weighted by Gasteiger charge is 2.12. The van der Waals surface area contributed by atoms with E-state index in [1.807, 2.05) is 19.1 Å². The van der Waals surface area contributed by atoms with E-state index in [9.17, 15) is 5.11 Å². The summed E-state index contributed by atoms with van der Waals surface area (Å²) in [6.45, 7) is 8.88. The van der Waals surface area contributed by atoms with Crippen molar-refractivity contribution in [1.82, 2.24) is 5.32 Å². The van der Waals surface area contributed by atoms with Crippen molar-refractivity contribution in [3.63, 3.8) is 0 Å². The van der Waals surface area contributed by atoms with Crippen molar-refractivity contribution in [2.24, 2.45) is 0 Å². The topological polar surface area (TPSA) is 61.7 Å². The van der Waals surface area contributed by atoms with Gasteiger partial charge in [0.25, 0.3) is 0 Å². The molecule has 0 amide bonds. The van der Waals surface area contributed by atoms with Gasteiger partial charge < -0.3 is 20.3 Å². The predicted octanol–water partition coefficient (Wildman–Crippen LogP) is 1.62. The number of hydrogen-bond donors (Lipinski definition) is 3. The highest BCUT2D eigenvalue weighted by molar-refractivity contribution is 5.37. The fourth-order valence-electron chi connectivity index (χ4n) is 1.59. The average molecular weight is 267 g/mol. The second-order valence-corrected chi connectivity index (χ2v) is 5.86. The van der Waals surface area contributed by atoms with Crippen LogP contribution in [0.5, 0.6) is 5.75 Å². The van der Waals surface area contributed by atoms with Gasteiger partial charge in [-0.2, -0.15) is 0 Å². The van der Waals surface area contributed by atoms with Gasteiger partial charge in [0.15, 0.2) is 0 Å². The van der Waals surface area contributed by atoms with Gasteiger partial charge in [0.1, 0.15) is 18.5 Å². The molecule has 0 radical (unpaired) electrons. The maximum atomic E-state index is 9.33. The van der Waals surface area contributed by atoms with Gasteiger partial charge >= 0.3 is 0 Å². The molecule has 4 heteroatoms. The molecule has 3 N–H and O–H groups in total. The van der Waals surface area contributed by atoms with Crippen molar-refractivity contribution in [2.75, 3.05) is 13.2 Å². The summed E-state index contributed by atoms with van der Waals surface area (Å²) in [5, 5.41) is 21.5. The molecule has 4 nitrogen and oxygen atoms in total. The van der Waals surface area contributed by atoms with Crippen LogP contribution in [0.3, 0.4) is 0 Å². The molecule has 1 unspecified atom stereocenters. The molecule has 0 saturated heterocycles. The Labute approximate surface area is 115 Å². The molecule has 1 aromatic rings. The molecule has 0 aliphatic rings. The largest absolute Gasteiger partial charge is 0.490 e. The normalized spacial score (nSPS) is 13.4. The van der Waals surface area contributed by atoms with E-state index in [1.165, 1.54) is 5.56 Å². The van der Waals surface area contributed by atoms with Crippen LogP contribution in [0.1, 0.15) is 31.9 Å². The van der Waals surface area contributed by atoms with E-state index in [0.717, 1.165) is 11.3 Å². The van der Waals surface area contributed by atoms with Gasteiger partial charge in [-0.25, -0.2) is 0 Å². The number of aliphatic hydroxyl groups is 2. The number of hydrogen-bond acceptors (Lipinski definition) is 4. The molecule has 1 aromatic carbocycles. The first-order chi connectivity index (χ1) is 8.81. The van der Waals surface area contributed by atoms with E-state index in [2.05, 4.69) is 32.2 Å². The van der Waals surface area contributed by atoms with Gasteiger partial charge in [0, 0.05) is 17.6 Å². The van der Waals surface area contributed by atoms with E-state index in [1.54, 1.807) is 0 Å². The molecular weight excluding hydrogens is 242 g/mol. The van der Waals surface area contributed by atoms with Crippen molar-refractivity contribution in [3.8, 4) is 5.75 Å². The minimum atomic E-state index is -0.843. The zero-order valence-corrected chi connectivity index (χ0v) is 12.2. The molecule has 0 aromatic heterocycles. The van der Waals surface area contributed by atoms with Gasteiger partial charge in [-0.1, -0.05) is 17.7 Å². The van der Waals surface area contributed by atoms with Gasteiger partial charge in [0.05, 0.1) is 6.61 Å². The third kappa shape index (κ3) is 6.05. The Morgan fingerprint density at radius 1 is 1.32 bits per heavy atom. The highest BCUT2D eigenvalue weighted by atomic mass is 16.5. The summed E-state index contributed by atoms with van der Waals surface area (Å²) in [5.74, 6) is 0.745. The molecule has 0 saturated carbocycles. The van der Waals surface area contributed by atoms with Crippen molar-refractivity contribution < 1.29 is 14.9 Å². The molecule has 108 valence electrons. The van der Waals surface area contributed by atoms with E-state index in [-0.39, 0.29) is 18.8 Å². The minimum absolute atomic E-state index is 0.0334. The lowest BCUT2D eigenvalue weighted by Crippen LogP contribution is -2.35. The summed E-state index contributed by atoms with van der Waals surface area (Å²) in [7, 11) is 0. The van der Waals surface area contributed by atoms with Crippen molar-refractivity contribution in [3.05, 3.63) is 29.3 Å². The van der Waals surface area contributed by atoms with E-state index in [0.29, 0.717) is 6.54 Å². The van der Waals surface area contributed by atoms with Crippen LogP contribution in [-0.2, 0) is 6.54 Å². The Hall–Kier alpha value is -1.10. The van der Waals surface area contributed by atoms with Crippen LogP contribution >= 0.6 is 0 Å². The van der Waals surface area contributed by atoms with Crippen LogP contribution in [0.4, 0.5) is 0 Å². The van der Waals surface area contributed by atoms with Crippen LogP contribution in [0.2, 0.25) is 0 Å². The Balaban J connectivity index is 2.74. The summed E-state index contributed by atoms with van der Waals surface area (Å²) >= 11 is 0. The Morgan fingerprint density at radius 3 is 2.58 bits per heavy atom. The molecule has 0 aliphatic heterocycles. The van der Waals surface area contributed by atoms with Gasteiger partial charge in [0.2, 0.25) is 0 Å². The second kappa shape index (κ2) is 6.89. The first-order valence-corrected chi connectivity index (χ1v) is 6.58. The molecule has 1 atom stereocenters. The quantitative estimate of drug-likeness (QED) is 0.733. The third-order valence-electron chi connectivity index (χ3n) is 2.67. The minimum Gasteiger partial charge on any atom is -0.490 e. The Morgan fingerprint density at radius 2 is 2.00 bits per heavy atom. The molecule has 19 heavy (non-hydrogen) atoms. The maximum Gasteiger partial charge on any atom is 0.123 e. The molecule has 0 bridgehead atoms. The third-order valence-corrected chi connectivity index (χ3v) is 2.67. The lowest BCUT2D eigenvalue weighted by molar-refractivity contribution is 0.0532. The van der Waals surface area contributed by atoms with Gasteiger partial charge in [-0.05, 0) is 33.8 Å². The summed E-state index contributed by atoms with van der Waals surface area (Å²) in [6.07, 6.45) is -0.843. The Bertz CT molecular complexity index is 399. The van der Waals surface area contributed by atoms with Crippen molar-refractivity contribution >= 4 is 0 Å². The predicted molar refractivity (Wildman–Crippen MR) is 76.4 cm³/mol. The fraction of sp³-hybridized carbons (Fsp3) is 0.600. The van der Waals surface area contributed by atoms with E-state index < -0.39 is 6.10 Å². The summed E-state index contributed by atoms with van der Waals surface area (Å²) in [5.41, 5.74) is 2.26. The average Bonchev–Trinajstić information content (AvgIpc) is 2.33. The summed E-state index contributed by atoms with van der Waals surface area (Å²) in [6, 6.07) is 5.94. The summed E-state index contributed by atoms with van der Waals surface area (Å²) < 4.78 is 5.56. The zero-order valence-electron chi connectivity index (χ0n) is 12.2. The van der Waals surface area contributed by atoms with Crippen molar-refractivity contribution in [2.45, 2.75) is 45.9 Å². The van der Waals surface area contributed by atoms with E-state index in [4.69, 9.17) is 9.84 Å². The van der Waals surface area contributed by atoms with Gasteiger partial charge in [-0.15, -0.1) is 0 Å². The fourth-order valence-corrected chi connectivity index (χ4v) is 1.59. The first-order valence-electron chi connectivity index (χ1n) is 6.58. The molecule has 0 heterocycles. The van der Waals surface area contributed by atoms with Crippen LogP contribution in [-0.4, -0.2) is 35.1 Å².